The molecule has 0 saturated heterocycles. The molecule has 0 aliphatic heterocycles. The van der Waals surface area contributed by atoms with Crippen molar-refractivity contribution in [2.45, 2.75) is 31.2 Å². The summed E-state index contributed by atoms with van der Waals surface area (Å²) in [5, 5.41) is 11.2. The first-order valence-electron chi connectivity index (χ1n) is 6.45. The Hall–Kier alpha value is -1.93. The molecule has 1 aromatic rings. The van der Waals surface area contributed by atoms with Gasteiger partial charge in [0.1, 0.15) is 6.04 Å². The number of carboxylic acids is 1. The van der Waals surface area contributed by atoms with E-state index in [1.54, 1.807) is 13.8 Å². The monoisotopic (exact) mass is 314 g/mol. The van der Waals surface area contributed by atoms with Gasteiger partial charge in [0.25, 0.3) is 5.91 Å². The molecule has 0 aromatic heterocycles. The smallest absolute Gasteiger partial charge is 0.326 e. The van der Waals surface area contributed by atoms with Crippen LogP contribution in [0.5, 0.6) is 0 Å². The van der Waals surface area contributed by atoms with E-state index in [9.17, 15) is 18.0 Å². The Morgan fingerprint density at radius 3 is 2.19 bits per heavy atom. The number of nitrogens with one attached hydrogen (secondary N) is 2. The summed E-state index contributed by atoms with van der Waals surface area (Å²) in [6.07, 6.45) is 0.258. The first kappa shape index (κ1) is 17.1. The van der Waals surface area contributed by atoms with Crippen LogP contribution in [0.4, 0.5) is 0 Å². The van der Waals surface area contributed by atoms with Crippen molar-refractivity contribution >= 4 is 21.9 Å². The second kappa shape index (κ2) is 7.19. The molecule has 1 atom stereocenters. The molecule has 0 aliphatic rings. The quantitative estimate of drug-likeness (QED) is 0.681. The number of rotatable bonds is 7. The topological polar surface area (TPSA) is 113 Å². The lowest BCUT2D eigenvalue weighted by Gasteiger charge is -2.12. The molecule has 8 heteroatoms. The minimum Gasteiger partial charge on any atom is -0.480 e. The van der Waals surface area contributed by atoms with Crippen LogP contribution in [-0.4, -0.2) is 38.0 Å². The summed E-state index contributed by atoms with van der Waals surface area (Å²) < 4.78 is 25.8. The zero-order chi connectivity index (χ0) is 16.0. The van der Waals surface area contributed by atoms with E-state index in [0.29, 0.717) is 0 Å². The Morgan fingerprint density at radius 2 is 1.76 bits per heavy atom. The molecule has 21 heavy (non-hydrogen) atoms. The Balaban J connectivity index is 2.88. The van der Waals surface area contributed by atoms with Gasteiger partial charge in [0.15, 0.2) is 0 Å². The SMILES string of the molecule is CCNS(=O)(=O)c1ccc(C(=O)NC(CC)C(=O)O)cc1. The number of aliphatic carboxylic acids is 1. The Morgan fingerprint density at radius 1 is 1.19 bits per heavy atom. The molecule has 0 heterocycles. The molecule has 0 bridgehead atoms. The molecule has 7 nitrogen and oxygen atoms in total. The zero-order valence-electron chi connectivity index (χ0n) is 11.8. The van der Waals surface area contributed by atoms with Crippen molar-refractivity contribution in [3.63, 3.8) is 0 Å². The average molecular weight is 314 g/mol. The largest absolute Gasteiger partial charge is 0.480 e. The van der Waals surface area contributed by atoms with Crippen molar-refractivity contribution in [3.8, 4) is 0 Å². The van der Waals surface area contributed by atoms with Gasteiger partial charge < -0.3 is 10.4 Å². The van der Waals surface area contributed by atoms with E-state index in [4.69, 9.17) is 5.11 Å². The molecule has 1 amide bonds. The van der Waals surface area contributed by atoms with Crippen molar-refractivity contribution < 1.29 is 23.1 Å². The fourth-order valence-electron chi connectivity index (χ4n) is 1.64. The minimum atomic E-state index is -3.57. The first-order valence-corrected chi connectivity index (χ1v) is 7.93. The molecule has 116 valence electrons. The van der Waals surface area contributed by atoms with Gasteiger partial charge in [0.2, 0.25) is 10.0 Å². The number of amides is 1. The number of hydrogen-bond acceptors (Lipinski definition) is 4. The zero-order valence-corrected chi connectivity index (χ0v) is 12.6. The summed E-state index contributed by atoms with van der Waals surface area (Å²) in [5.74, 6) is -1.67. The molecular formula is C13H18N2O5S. The van der Waals surface area contributed by atoms with Crippen molar-refractivity contribution in [3.05, 3.63) is 29.8 Å². The third kappa shape index (κ3) is 4.54. The normalized spacial score (nSPS) is 12.7. The molecule has 0 aliphatic carbocycles. The molecule has 3 N–H and O–H groups in total. The second-order valence-corrected chi connectivity index (χ2v) is 6.07. The van der Waals surface area contributed by atoms with Crippen molar-refractivity contribution in [1.82, 2.24) is 10.0 Å². The predicted octanol–water partition coefficient (Wildman–Crippen LogP) is 0.578. The molecule has 1 unspecified atom stereocenters. The predicted molar refractivity (Wildman–Crippen MR) is 76.5 cm³/mol. The van der Waals surface area contributed by atoms with Crippen LogP contribution in [-0.2, 0) is 14.8 Å². The second-order valence-electron chi connectivity index (χ2n) is 4.30. The van der Waals surface area contributed by atoms with Crippen molar-refractivity contribution in [2.75, 3.05) is 6.54 Å². The molecule has 0 fully saturated rings. The average Bonchev–Trinajstić information content (AvgIpc) is 2.44. The number of carbonyl (C=O) groups excluding carboxylic acids is 1. The Bertz CT molecular complexity index is 610. The molecule has 1 rings (SSSR count). The fraction of sp³-hybridized carbons (Fsp3) is 0.385. The van der Waals surface area contributed by atoms with Crippen LogP contribution in [0, 0.1) is 0 Å². The fourth-order valence-corrected chi connectivity index (χ4v) is 2.68. The third-order valence-electron chi connectivity index (χ3n) is 2.77. The van der Waals surface area contributed by atoms with Gasteiger partial charge in [-0.15, -0.1) is 0 Å². The highest BCUT2D eigenvalue weighted by atomic mass is 32.2. The molecular weight excluding hydrogens is 296 g/mol. The number of hydrogen-bond donors (Lipinski definition) is 3. The van der Waals surface area contributed by atoms with E-state index in [1.807, 2.05) is 0 Å². The maximum atomic E-state index is 11.9. The van der Waals surface area contributed by atoms with Gasteiger partial charge in [0, 0.05) is 12.1 Å². The van der Waals surface area contributed by atoms with E-state index in [2.05, 4.69) is 10.0 Å². The van der Waals surface area contributed by atoms with E-state index in [1.165, 1.54) is 24.3 Å². The lowest BCUT2D eigenvalue weighted by Crippen LogP contribution is -2.40. The lowest BCUT2D eigenvalue weighted by atomic mass is 10.1. The molecule has 1 aromatic carbocycles. The Kier molecular flexibility index (Phi) is 5.86. The van der Waals surface area contributed by atoms with Crippen molar-refractivity contribution in [1.29, 1.82) is 0 Å². The van der Waals surface area contributed by atoms with Gasteiger partial charge in [-0.3, -0.25) is 4.79 Å². The number of benzene rings is 1. The van der Waals surface area contributed by atoms with Gasteiger partial charge in [-0.1, -0.05) is 13.8 Å². The summed E-state index contributed by atoms with van der Waals surface area (Å²) in [6, 6.07) is 4.31. The summed E-state index contributed by atoms with van der Waals surface area (Å²) in [4.78, 5) is 22.8. The first-order chi connectivity index (χ1) is 9.81. The van der Waals surface area contributed by atoms with Crippen molar-refractivity contribution in [2.24, 2.45) is 0 Å². The van der Waals surface area contributed by atoms with Gasteiger partial charge in [-0.25, -0.2) is 17.9 Å². The van der Waals surface area contributed by atoms with E-state index in [-0.39, 0.29) is 23.4 Å². The number of carboxylic acid groups (broad SMARTS) is 1. The summed E-state index contributed by atoms with van der Waals surface area (Å²) in [5.41, 5.74) is 0.199. The van der Waals surface area contributed by atoms with E-state index in [0.717, 1.165) is 0 Å². The highest BCUT2D eigenvalue weighted by Crippen LogP contribution is 2.10. The van der Waals surface area contributed by atoms with Crippen LogP contribution in [0.3, 0.4) is 0 Å². The Labute approximate surface area is 123 Å². The summed E-state index contributed by atoms with van der Waals surface area (Å²) in [7, 11) is -3.57. The van der Waals surface area contributed by atoms with E-state index >= 15 is 0 Å². The molecule has 0 radical (unpaired) electrons. The standard InChI is InChI=1S/C13H18N2O5S/c1-3-11(13(17)18)15-12(16)9-5-7-10(8-6-9)21(19,20)14-4-2/h5-8,11,14H,3-4H2,1-2H3,(H,15,16)(H,17,18). The third-order valence-corrected chi connectivity index (χ3v) is 4.33. The highest BCUT2D eigenvalue weighted by Gasteiger charge is 2.19. The van der Waals surface area contributed by atoms with Gasteiger partial charge in [-0.05, 0) is 30.7 Å². The maximum Gasteiger partial charge on any atom is 0.326 e. The van der Waals surface area contributed by atoms with Gasteiger partial charge >= 0.3 is 5.97 Å². The minimum absolute atomic E-state index is 0.0474. The van der Waals surface area contributed by atoms with E-state index < -0.39 is 27.9 Å². The van der Waals surface area contributed by atoms with Crippen LogP contribution < -0.4 is 10.0 Å². The maximum absolute atomic E-state index is 11.9. The molecule has 0 spiro atoms. The highest BCUT2D eigenvalue weighted by molar-refractivity contribution is 7.89. The lowest BCUT2D eigenvalue weighted by molar-refractivity contribution is -0.139. The van der Waals surface area contributed by atoms with Gasteiger partial charge in [-0.2, -0.15) is 0 Å². The van der Waals surface area contributed by atoms with Crippen LogP contribution in [0.2, 0.25) is 0 Å². The van der Waals surface area contributed by atoms with Crippen LogP contribution in [0.1, 0.15) is 30.6 Å². The summed E-state index contributed by atoms with van der Waals surface area (Å²) in [6.45, 7) is 3.57. The number of sulfonamides is 1. The van der Waals surface area contributed by atoms with Crippen LogP contribution in [0.15, 0.2) is 29.2 Å². The van der Waals surface area contributed by atoms with Gasteiger partial charge in [0.05, 0.1) is 4.90 Å². The number of carbonyl (C=O) groups is 2. The summed E-state index contributed by atoms with van der Waals surface area (Å²) >= 11 is 0. The molecule has 0 saturated carbocycles. The van der Waals surface area contributed by atoms with Crippen LogP contribution in [0.25, 0.3) is 0 Å². The van der Waals surface area contributed by atoms with Crippen LogP contribution >= 0.6 is 0 Å².